The van der Waals surface area contributed by atoms with Crippen molar-refractivity contribution in [1.82, 2.24) is 19.9 Å². The Morgan fingerprint density at radius 3 is 2.89 bits per heavy atom. The standard InChI is InChI=1S/C11H10N4O3/c1-2-6-5(3-4-18-6)8-12-7-9(13-8)14-11(17)15-10(7)16/h3-4H,2H2,1H3,(H3,12,13,14,15,16,17). The molecule has 0 spiro atoms. The van der Waals surface area contributed by atoms with Crippen molar-refractivity contribution in [1.29, 1.82) is 0 Å². The van der Waals surface area contributed by atoms with E-state index in [9.17, 15) is 9.59 Å². The zero-order valence-electron chi connectivity index (χ0n) is 9.53. The number of nitrogens with one attached hydrogen (secondary N) is 3. The van der Waals surface area contributed by atoms with Crippen LogP contribution in [0.1, 0.15) is 12.7 Å². The summed E-state index contributed by atoms with van der Waals surface area (Å²) in [5.74, 6) is 1.27. The van der Waals surface area contributed by atoms with Gasteiger partial charge in [0.2, 0.25) is 0 Å². The van der Waals surface area contributed by atoms with E-state index < -0.39 is 11.2 Å². The van der Waals surface area contributed by atoms with Crippen molar-refractivity contribution in [2.24, 2.45) is 0 Å². The van der Waals surface area contributed by atoms with Gasteiger partial charge in [0.1, 0.15) is 17.1 Å². The maximum absolute atomic E-state index is 11.6. The van der Waals surface area contributed by atoms with Gasteiger partial charge in [0.25, 0.3) is 5.56 Å². The van der Waals surface area contributed by atoms with E-state index in [0.717, 1.165) is 11.3 Å². The van der Waals surface area contributed by atoms with Crippen LogP contribution in [-0.2, 0) is 6.42 Å². The Morgan fingerprint density at radius 2 is 2.11 bits per heavy atom. The highest BCUT2D eigenvalue weighted by molar-refractivity contribution is 5.75. The molecule has 3 N–H and O–H groups in total. The van der Waals surface area contributed by atoms with Crippen LogP contribution in [0, 0.1) is 0 Å². The monoisotopic (exact) mass is 246 g/mol. The summed E-state index contributed by atoms with van der Waals surface area (Å²) in [6.07, 6.45) is 2.28. The second-order valence-corrected chi connectivity index (χ2v) is 3.83. The van der Waals surface area contributed by atoms with Gasteiger partial charge >= 0.3 is 5.69 Å². The van der Waals surface area contributed by atoms with Crippen molar-refractivity contribution in [3.63, 3.8) is 0 Å². The number of imidazole rings is 1. The largest absolute Gasteiger partial charge is 0.469 e. The Balaban J connectivity index is 2.29. The van der Waals surface area contributed by atoms with E-state index in [0.29, 0.717) is 12.2 Å². The lowest BCUT2D eigenvalue weighted by Crippen LogP contribution is -2.21. The molecule has 0 radical (unpaired) electrons. The topological polar surface area (TPSA) is 108 Å². The molecule has 0 aliphatic heterocycles. The molecule has 0 unspecified atom stereocenters. The molecule has 0 atom stereocenters. The molecule has 0 saturated carbocycles. The number of fused-ring (bicyclic) bond motifs is 1. The fourth-order valence-electron chi connectivity index (χ4n) is 1.89. The Kier molecular flexibility index (Phi) is 2.19. The van der Waals surface area contributed by atoms with Gasteiger partial charge in [-0.15, -0.1) is 0 Å². The highest BCUT2D eigenvalue weighted by atomic mass is 16.3. The van der Waals surface area contributed by atoms with Gasteiger partial charge in [-0.3, -0.25) is 14.8 Å². The second kappa shape index (κ2) is 3.73. The summed E-state index contributed by atoms with van der Waals surface area (Å²) in [5, 5.41) is 0. The Hall–Kier alpha value is -2.57. The van der Waals surface area contributed by atoms with E-state index >= 15 is 0 Å². The van der Waals surface area contributed by atoms with E-state index in [4.69, 9.17) is 4.42 Å². The molecule has 0 aliphatic carbocycles. The highest BCUT2D eigenvalue weighted by Gasteiger charge is 2.13. The van der Waals surface area contributed by atoms with Crippen LogP contribution in [0.2, 0.25) is 0 Å². The predicted octanol–water partition coefficient (Wildman–Crippen LogP) is 0.762. The number of aromatic nitrogens is 4. The third-order valence-electron chi connectivity index (χ3n) is 2.71. The summed E-state index contributed by atoms with van der Waals surface area (Å²) in [4.78, 5) is 34.4. The zero-order valence-corrected chi connectivity index (χ0v) is 9.53. The van der Waals surface area contributed by atoms with Crippen molar-refractivity contribution in [3.8, 4) is 11.4 Å². The molecule has 92 valence electrons. The average Bonchev–Trinajstić information content (AvgIpc) is 2.92. The molecule has 0 aromatic carbocycles. The average molecular weight is 246 g/mol. The minimum Gasteiger partial charge on any atom is -0.469 e. The molecule has 18 heavy (non-hydrogen) atoms. The molecular formula is C11H10N4O3. The predicted molar refractivity (Wildman–Crippen MR) is 64.4 cm³/mol. The van der Waals surface area contributed by atoms with Gasteiger partial charge in [-0.1, -0.05) is 6.92 Å². The highest BCUT2D eigenvalue weighted by Crippen LogP contribution is 2.23. The maximum atomic E-state index is 11.6. The van der Waals surface area contributed by atoms with Gasteiger partial charge in [-0.05, 0) is 6.07 Å². The molecule has 7 heteroatoms. The SMILES string of the molecule is CCc1occc1-c1nc2[nH]c(=O)[nH]c(=O)c2[nH]1. The van der Waals surface area contributed by atoms with E-state index in [1.807, 2.05) is 6.92 Å². The molecule has 3 heterocycles. The van der Waals surface area contributed by atoms with E-state index in [1.165, 1.54) is 0 Å². The molecule has 3 rings (SSSR count). The fraction of sp³-hybridized carbons (Fsp3) is 0.182. The number of hydrogen-bond donors (Lipinski definition) is 3. The zero-order chi connectivity index (χ0) is 12.7. The number of furan rings is 1. The third-order valence-corrected chi connectivity index (χ3v) is 2.71. The van der Waals surface area contributed by atoms with Gasteiger partial charge < -0.3 is 9.40 Å². The van der Waals surface area contributed by atoms with Gasteiger partial charge in [-0.2, -0.15) is 0 Å². The summed E-state index contributed by atoms with van der Waals surface area (Å²) in [6.45, 7) is 1.96. The lowest BCUT2D eigenvalue weighted by Gasteiger charge is -1.94. The number of aromatic amines is 3. The van der Waals surface area contributed by atoms with Gasteiger partial charge in [0.05, 0.1) is 11.8 Å². The minimum absolute atomic E-state index is 0.238. The lowest BCUT2D eigenvalue weighted by atomic mass is 10.2. The van der Waals surface area contributed by atoms with Crippen molar-refractivity contribution in [2.45, 2.75) is 13.3 Å². The summed E-state index contributed by atoms with van der Waals surface area (Å²) in [6, 6.07) is 1.77. The first-order chi connectivity index (χ1) is 8.69. The minimum atomic E-state index is -0.576. The first-order valence-corrected chi connectivity index (χ1v) is 5.48. The Labute approximate surface area is 99.9 Å². The van der Waals surface area contributed by atoms with Gasteiger partial charge in [0, 0.05) is 6.42 Å². The molecular weight excluding hydrogens is 236 g/mol. The van der Waals surface area contributed by atoms with Crippen LogP contribution >= 0.6 is 0 Å². The third kappa shape index (κ3) is 1.48. The molecule has 3 aromatic heterocycles. The number of nitrogens with zero attached hydrogens (tertiary/aromatic N) is 1. The van der Waals surface area contributed by atoms with E-state index in [2.05, 4.69) is 19.9 Å². The number of rotatable bonds is 2. The fourth-order valence-corrected chi connectivity index (χ4v) is 1.89. The maximum Gasteiger partial charge on any atom is 0.327 e. The van der Waals surface area contributed by atoms with Gasteiger partial charge in [-0.25, -0.2) is 9.78 Å². The van der Waals surface area contributed by atoms with Crippen LogP contribution in [0.3, 0.4) is 0 Å². The van der Waals surface area contributed by atoms with Crippen LogP contribution in [0.5, 0.6) is 0 Å². The Bertz CT molecular complexity index is 821. The molecule has 7 nitrogen and oxygen atoms in total. The molecule has 0 bridgehead atoms. The van der Waals surface area contributed by atoms with Crippen LogP contribution in [-0.4, -0.2) is 19.9 Å². The quantitative estimate of drug-likeness (QED) is 0.620. The van der Waals surface area contributed by atoms with Gasteiger partial charge in [0.15, 0.2) is 5.65 Å². The Morgan fingerprint density at radius 1 is 1.28 bits per heavy atom. The molecule has 3 aromatic rings. The second-order valence-electron chi connectivity index (χ2n) is 3.83. The van der Waals surface area contributed by atoms with Crippen molar-refractivity contribution >= 4 is 11.2 Å². The lowest BCUT2D eigenvalue weighted by molar-refractivity contribution is 0.517. The normalized spacial score (nSPS) is 11.2. The first kappa shape index (κ1) is 10.6. The molecule has 0 aliphatic rings. The smallest absolute Gasteiger partial charge is 0.327 e. The summed E-state index contributed by atoms with van der Waals surface area (Å²) in [7, 11) is 0. The number of aryl methyl sites for hydroxylation is 1. The number of hydrogen-bond acceptors (Lipinski definition) is 4. The van der Waals surface area contributed by atoms with Crippen molar-refractivity contribution < 1.29 is 4.42 Å². The molecule has 0 fully saturated rings. The van der Waals surface area contributed by atoms with Crippen LogP contribution < -0.4 is 11.2 Å². The summed E-state index contributed by atoms with van der Waals surface area (Å²) in [5.41, 5.74) is 0.200. The van der Waals surface area contributed by atoms with Crippen LogP contribution in [0.15, 0.2) is 26.3 Å². The van der Waals surface area contributed by atoms with E-state index in [-0.39, 0.29) is 11.2 Å². The first-order valence-electron chi connectivity index (χ1n) is 5.48. The van der Waals surface area contributed by atoms with Crippen LogP contribution in [0.25, 0.3) is 22.6 Å². The number of H-pyrrole nitrogens is 3. The van der Waals surface area contributed by atoms with E-state index in [1.54, 1.807) is 12.3 Å². The van der Waals surface area contributed by atoms with Crippen molar-refractivity contribution in [3.05, 3.63) is 38.9 Å². The van der Waals surface area contributed by atoms with Crippen molar-refractivity contribution in [2.75, 3.05) is 0 Å². The molecule has 0 saturated heterocycles. The summed E-state index contributed by atoms with van der Waals surface area (Å²) >= 11 is 0. The summed E-state index contributed by atoms with van der Waals surface area (Å²) < 4.78 is 5.30. The molecule has 0 amide bonds. The van der Waals surface area contributed by atoms with Crippen LogP contribution in [0.4, 0.5) is 0 Å².